The first-order chi connectivity index (χ1) is 18.1. The van der Waals surface area contributed by atoms with Gasteiger partial charge in [-0.3, -0.25) is 14.4 Å². The van der Waals surface area contributed by atoms with Crippen LogP contribution in [0.5, 0.6) is 5.75 Å². The normalized spacial score (nSPS) is 22.6. The molecule has 1 amide bonds. The summed E-state index contributed by atoms with van der Waals surface area (Å²) in [5.41, 5.74) is 1.84. The summed E-state index contributed by atoms with van der Waals surface area (Å²) >= 11 is 0. The molecule has 6 heteroatoms. The molecule has 1 fully saturated rings. The van der Waals surface area contributed by atoms with Crippen LogP contribution in [0.25, 0.3) is 0 Å². The molecule has 0 aliphatic carbocycles. The van der Waals surface area contributed by atoms with Gasteiger partial charge in [-0.15, -0.1) is 0 Å². The molecule has 3 aliphatic heterocycles. The summed E-state index contributed by atoms with van der Waals surface area (Å²) in [6.45, 7) is 1.37. The Morgan fingerprint density at radius 3 is 2.51 bits per heavy atom. The van der Waals surface area contributed by atoms with Gasteiger partial charge in [-0.2, -0.15) is 0 Å². The number of hydrogen-bond donors (Lipinski definition) is 0. The highest BCUT2D eigenvalue weighted by Crippen LogP contribution is 2.25. The van der Waals surface area contributed by atoms with E-state index in [0.717, 1.165) is 49.0 Å². The number of hydrogen-bond acceptors (Lipinski definition) is 5. The summed E-state index contributed by atoms with van der Waals surface area (Å²) in [5, 5.41) is 0. The summed E-state index contributed by atoms with van der Waals surface area (Å²) < 4.78 is 11.5. The lowest BCUT2D eigenvalue weighted by molar-refractivity contribution is -0.152. The lowest BCUT2D eigenvalue weighted by Gasteiger charge is -2.25. The van der Waals surface area contributed by atoms with Crippen LogP contribution in [0, 0.1) is 5.92 Å². The highest BCUT2D eigenvalue weighted by atomic mass is 16.5. The summed E-state index contributed by atoms with van der Waals surface area (Å²) in [4.78, 5) is 41.3. The summed E-state index contributed by atoms with van der Waals surface area (Å²) in [6.07, 6.45) is 10.1. The summed E-state index contributed by atoms with van der Waals surface area (Å²) in [6, 6.07) is 16.8. The number of Topliss-reactive ketones (excluding diaryl/α,β-unsaturated/α-hetero) is 1. The van der Waals surface area contributed by atoms with Crippen molar-refractivity contribution in [2.24, 2.45) is 5.92 Å². The molecule has 0 N–H and O–H groups in total. The van der Waals surface area contributed by atoms with E-state index >= 15 is 0 Å². The number of fused-ring (bicyclic) bond motifs is 13. The van der Waals surface area contributed by atoms with E-state index in [0.29, 0.717) is 32.4 Å². The van der Waals surface area contributed by atoms with Crippen LogP contribution in [-0.2, 0) is 32.1 Å². The first kappa shape index (κ1) is 26.6. The molecule has 37 heavy (non-hydrogen) atoms. The molecule has 2 atom stereocenters. The Morgan fingerprint density at radius 1 is 0.919 bits per heavy atom. The summed E-state index contributed by atoms with van der Waals surface area (Å²) in [5.74, 6) is -0.226. The molecule has 3 aliphatic rings. The maximum absolute atomic E-state index is 13.4. The molecule has 2 aromatic rings. The summed E-state index contributed by atoms with van der Waals surface area (Å²) in [7, 11) is 0. The average molecular weight is 504 g/mol. The molecule has 0 aromatic heterocycles. The Kier molecular flexibility index (Phi) is 9.92. The lowest BCUT2D eigenvalue weighted by atomic mass is 9.91. The second kappa shape index (κ2) is 13.8. The number of ketones is 1. The fourth-order valence-corrected chi connectivity index (χ4v) is 5.03. The van der Waals surface area contributed by atoms with Crippen molar-refractivity contribution in [3.8, 4) is 5.75 Å². The van der Waals surface area contributed by atoms with Crippen LogP contribution in [0.4, 0.5) is 0 Å². The van der Waals surface area contributed by atoms with E-state index in [1.807, 2.05) is 54.6 Å². The number of allylic oxidation sites excluding steroid dienone is 1. The van der Waals surface area contributed by atoms with Gasteiger partial charge in [0.05, 0.1) is 18.6 Å². The van der Waals surface area contributed by atoms with Crippen molar-refractivity contribution in [2.75, 3.05) is 13.2 Å². The molecule has 0 unspecified atom stereocenters. The molecule has 0 spiro atoms. The third-order valence-electron chi connectivity index (χ3n) is 7.09. The van der Waals surface area contributed by atoms with Gasteiger partial charge in [-0.1, -0.05) is 54.6 Å². The maximum atomic E-state index is 13.4. The Labute approximate surface area is 219 Å². The van der Waals surface area contributed by atoms with Crippen molar-refractivity contribution in [2.45, 2.75) is 70.4 Å². The third kappa shape index (κ3) is 8.04. The van der Waals surface area contributed by atoms with Crippen LogP contribution in [0.1, 0.15) is 62.5 Å². The zero-order chi connectivity index (χ0) is 25.9. The van der Waals surface area contributed by atoms with Crippen LogP contribution < -0.4 is 4.74 Å². The number of benzene rings is 2. The van der Waals surface area contributed by atoms with Crippen molar-refractivity contribution < 1.29 is 23.9 Å². The number of nitrogens with zero attached hydrogens (tertiary/aromatic N) is 1. The SMILES string of the molecule is O=C(OCc1ccccc1)[C@H]1CC(=O)[C@@H]2CCCN2C(=O)CCCC/C=C/CCOc2ccc(cc2)C1. The zero-order valence-electron chi connectivity index (χ0n) is 21.5. The van der Waals surface area contributed by atoms with Gasteiger partial charge in [0.2, 0.25) is 5.91 Å². The minimum Gasteiger partial charge on any atom is -0.493 e. The van der Waals surface area contributed by atoms with Crippen molar-refractivity contribution in [3.63, 3.8) is 0 Å². The number of rotatable bonds is 3. The Bertz CT molecular complexity index is 1060. The van der Waals surface area contributed by atoms with Crippen molar-refractivity contribution in [1.82, 2.24) is 4.90 Å². The van der Waals surface area contributed by atoms with Crippen LogP contribution in [0.3, 0.4) is 0 Å². The number of amides is 1. The van der Waals surface area contributed by atoms with Crippen LogP contribution in [0.15, 0.2) is 66.7 Å². The van der Waals surface area contributed by atoms with Gasteiger partial charge < -0.3 is 14.4 Å². The van der Waals surface area contributed by atoms with Crippen molar-refractivity contribution in [3.05, 3.63) is 77.9 Å². The molecule has 6 nitrogen and oxygen atoms in total. The number of ether oxygens (including phenoxy) is 2. The van der Waals surface area contributed by atoms with Crippen molar-refractivity contribution in [1.29, 1.82) is 0 Å². The van der Waals surface area contributed by atoms with E-state index in [1.165, 1.54) is 0 Å². The van der Waals surface area contributed by atoms with Gasteiger partial charge in [0.15, 0.2) is 5.78 Å². The molecule has 0 radical (unpaired) electrons. The number of carbonyl (C=O) groups excluding carboxylic acids is 3. The number of esters is 1. The predicted octanol–water partition coefficient (Wildman–Crippen LogP) is 5.44. The Morgan fingerprint density at radius 2 is 1.70 bits per heavy atom. The first-order valence-corrected chi connectivity index (χ1v) is 13.5. The maximum Gasteiger partial charge on any atom is 0.310 e. The van der Waals surface area contributed by atoms with Gasteiger partial charge in [0.25, 0.3) is 0 Å². The van der Waals surface area contributed by atoms with Crippen LogP contribution in [0.2, 0.25) is 0 Å². The average Bonchev–Trinajstić information content (AvgIpc) is 3.42. The second-order valence-corrected chi connectivity index (χ2v) is 9.91. The van der Waals surface area contributed by atoms with E-state index in [9.17, 15) is 14.4 Å². The molecular formula is C31H37NO5. The fourth-order valence-electron chi connectivity index (χ4n) is 5.03. The van der Waals surface area contributed by atoms with Gasteiger partial charge in [0, 0.05) is 19.4 Å². The third-order valence-corrected chi connectivity index (χ3v) is 7.09. The van der Waals surface area contributed by atoms with Gasteiger partial charge in [0.1, 0.15) is 12.4 Å². The largest absolute Gasteiger partial charge is 0.493 e. The molecule has 0 saturated carbocycles. The molecule has 3 heterocycles. The minimum absolute atomic E-state index is 0.0430. The van der Waals surface area contributed by atoms with E-state index < -0.39 is 12.0 Å². The first-order valence-electron chi connectivity index (χ1n) is 13.5. The van der Waals surface area contributed by atoms with E-state index in [4.69, 9.17) is 9.47 Å². The van der Waals surface area contributed by atoms with Crippen LogP contribution >= 0.6 is 0 Å². The van der Waals surface area contributed by atoms with E-state index in [1.54, 1.807) is 4.90 Å². The van der Waals surface area contributed by atoms with Crippen molar-refractivity contribution >= 4 is 17.7 Å². The monoisotopic (exact) mass is 503 g/mol. The Balaban J connectivity index is 1.50. The Hall–Kier alpha value is -3.41. The van der Waals surface area contributed by atoms with E-state index in [2.05, 4.69) is 12.2 Å². The number of carbonyl (C=O) groups is 3. The molecule has 2 aromatic carbocycles. The highest BCUT2D eigenvalue weighted by molar-refractivity contribution is 5.92. The lowest BCUT2D eigenvalue weighted by Crippen LogP contribution is -2.41. The fraction of sp³-hybridized carbons (Fsp3) is 0.452. The molecule has 5 rings (SSSR count). The zero-order valence-corrected chi connectivity index (χ0v) is 21.5. The molecule has 2 bridgehead atoms. The quantitative estimate of drug-likeness (QED) is 0.412. The topological polar surface area (TPSA) is 72.9 Å². The second-order valence-electron chi connectivity index (χ2n) is 9.91. The molecular weight excluding hydrogens is 466 g/mol. The molecule has 196 valence electrons. The smallest absolute Gasteiger partial charge is 0.310 e. The van der Waals surface area contributed by atoms with Crippen LogP contribution in [-0.4, -0.2) is 41.8 Å². The van der Waals surface area contributed by atoms with Gasteiger partial charge in [-0.05, 0) is 68.2 Å². The van der Waals surface area contributed by atoms with E-state index in [-0.39, 0.29) is 30.7 Å². The minimum atomic E-state index is -0.615. The van der Waals surface area contributed by atoms with Gasteiger partial charge in [-0.25, -0.2) is 0 Å². The standard InChI is InChI=1S/C31H37NO5/c33-29-22-26(31(35)37-23-25-11-6-5-7-12-25)21-24-15-17-27(18-16-24)36-20-9-4-2-1-3-8-14-30(34)32-19-10-13-28(29)32/h2,4-7,11-12,15-18,26,28H,1,3,8-10,13-14,19-23H2/b4-2+/t26-,28+/m1/s1. The predicted molar refractivity (Wildman–Crippen MR) is 142 cm³/mol. The molecule has 1 saturated heterocycles. The highest BCUT2D eigenvalue weighted by Gasteiger charge is 2.36. The van der Waals surface area contributed by atoms with Gasteiger partial charge >= 0.3 is 5.97 Å².